The van der Waals surface area contributed by atoms with E-state index >= 15 is 0 Å². The number of nitrogens with one attached hydrogen (secondary N) is 1. The van der Waals surface area contributed by atoms with Crippen molar-refractivity contribution in [3.8, 4) is 0 Å². The molecule has 1 fully saturated rings. The molecule has 2 N–H and O–H groups in total. The monoisotopic (exact) mass is 296 g/mol. The highest BCUT2D eigenvalue weighted by Gasteiger charge is 2.36. The highest BCUT2D eigenvalue weighted by atomic mass is 19.3. The summed E-state index contributed by atoms with van der Waals surface area (Å²) in [6.45, 7) is 0. The molecule has 0 saturated heterocycles. The predicted octanol–water partition coefficient (Wildman–Crippen LogP) is 2.78. The highest BCUT2D eigenvalue weighted by molar-refractivity contribution is 5.92. The smallest absolute Gasteiger partial charge is 0.335 e. The lowest BCUT2D eigenvalue weighted by Gasteiger charge is -2.28. The third kappa shape index (κ3) is 2.43. The molecule has 0 atom stereocenters. The van der Waals surface area contributed by atoms with Gasteiger partial charge in [0.15, 0.2) is 0 Å². The van der Waals surface area contributed by atoms with Crippen LogP contribution in [0.1, 0.15) is 42.1 Å². The topological polar surface area (TPSA) is 75.1 Å². The number of hydrogen-bond donors (Lipinski definition) is 2. The van der Waals surface area contributed by atoms with Gasteiger partial charge in [-0.25, -0.2) is 18.4 Å². The van der Waals surface area contributed by atoms with Gasteiger partial charge in [0.25, 0.3) is 0 Å². The fourth-order valence-corrected chi connectivity index (χ4v) is 2.91. The third-order valence-electron chi connectivity index (χ3n) is 4.02. The fraction of sp³-hybridized carbons (Fsp3) is 0.429. The number of fused-ring (bicyclic) bond motifs is 1. The van der Waals surface area contributed by atoms with Crippen LogP contribution < -0.4 is 5.69 Å². The van der Waals surface area contributed by atoms with E-state index < -0.39 is 11.9 Å². The van der Waals surface area contributed by atoms with Gasteiger partial charge in [-0.1, -0.05) is 0 Å². The molecular formula is C14H14F2N2O3. The molecule has 2 aromatic rings. The van der Waals surface area contributed by atoms with Gasteiger partial charge >= 0.3 is 11.7 Å². The molecule has 0 amide bonds. The number of hydrogen-bond acceptors (Lipinski definition) is 2. The molecule has 0 spiro atoms. The number of H-pyrrole nitrogens is 1. The van der Waals surface area contributed by atoms with E-state index in [-0.39, 0.29) is 43.0 Å². The molecular weight excluding hydrogens is 282 g/mol. The maximum atomic E-state index is 13.2. The number of alkyl halides is 2. The van der Waals surface area contributed by atoms with Crippen molar-refractivity contribution < 1.29 is 18.7 Å². The van der Waals surface area contributed by atoms with Gasteiger partial charge < -0.3 is 10.1 Å². The van der Waals surface area contributed by atoms with Crippen LogP contribution in [0.3, 0.4) is 0 Å². The molecule has 5 nitrogen and oxygen atoms in total. The van der Waals surface area contributed by atoms with Crippen molar-refractivity contribution in [1.82, 2.24) is 9.55 Å². The van der Waals surface area contributed by atoms with E-state index in [1.54, 1.807) is 6.07 Å². The number of aromatic amines is 1. The number of imidazole rings is 1. The standard InChI is InChI=1S/C14H14F2N2O3/c15-14(16)5-3-9(4-6-14)18-11-2-1-8(12(19)20)7-10(11)17-13(18)21/h1-2,7,9H,3-6H2,(H,17,21)(H,19,20). The Bertz CT molecular complexity index is 753. The van der Waals surface area contributed by atoms with E-state index in [1.165, 1.54) is 16.7 Å². The number of nitrogens with zero attached hydrogens (tertiary/aromatic N) is 1. The first kappa shape index (κ1) is 13.8. The molecule has 1 aliphatic rings. The van der Waals surface area contributed by atoms with E-state index in [0.717, 1.165) is 0 Å². The van der Waals surface area contributed by atoms with E-state index in [0.29, 0.717) is 11.0 Å². The van der Waals surface area contributed by atoms with Crippen molar-refractivity contribution in [3.63, 3.8) is 0 Å². The van der Waals surface area contributed by atoms with E-state index in [9.17, 15) is 18.4 Å². The van der Waals surface area contributed by atoms with Crippen LogP contribution in [0.5, 0.6) is 0 Å². The molecule has 0 unspecified atom stereocenters. The van der Waals surface area contributed by atoms with Gasteiger partial charge in [-0.3, -0.25) is 4.57 Å². The molecule has 0 bridgehead atoms. The lowest BCUT2D eigenvalue weighted by atomic mass is 9.92. The van der Waals surface area contributed by atoms with Crippen LogP contribution >= 0.6 is 0 Å². The number of rotatable bonds is 2. The number of benzene rings is 1. The van der Waals surface area contributed by atoms with E-state index in [4.69, 9.17) is 5.11 Å². The lowest BCUT2D eigenvalue weighted by molar-refractivity contribution is -0.0438. The molecule has 7 heteroatoms. The minimum absolute atomic E-state index is 0.0751. The molecule has 21 heavy (non-hydrogen) atoms. The summed E-state index contributed by atoms with van der Waals surface area (Å²) in [7, 11) is 0. The van der Waals surface area contributed by atoms with Crippen LogP contribution in [0.4, 0.5) is 8.78 Å². The van der Waals surface area contributed by atoms with E-state index in [1.807, 2.05) is 0 Å². The van der Waals surface area contributed by atoms with Crippen LogP contribution in [0.25, 0.3) is 11.0 Å². The van der Waals surface area contributed by atoms with Crippen LogP contribution in [-0.4, -0.2) is 26.5 Å². The minimum Gasteiger partial charge on any atom is -0.478 e. The summed E-state index contributed by atoms with van der Waals surface area (Å²) in [5.41, 5.74) is 0.659. The molecule has 1 heterocycles. The maximum absolute atomic E-state index is 13.2. The first-order valence-electron chi connectivity index (χ1n) is 6.73. The molecule has 1 aromatic heterocycles. The Morgan fingerprint density at radius 1 is 1.33 bits per heavy atom. The zero-order chi connectivity index (χ0) is 15.2. The van der Waals surface area contributed by atoms with Gasteiger partial charge in [0.05, 0.1) is 16.6 Å². The summed E-state index contributed by atoms with van der Waals surface area (Å²) in [5, 5.41) is 8.94. The second-order valence-corrected chi connectivity index (χ2v) is 5.42. The maximum Gasteiger partial charge on any atom is 0.335 e. The Labute approximate surface area is 118 Å². The van der Waals surface area contributed by atoms with Gasteiger partial charge in [-0.05, 0) is 31.0 Å². The fourth-order valence-electron chi connectivity index (χ4n) is 2.91. The first-order valence-corrected chi connectivity index (χ1v) is 6.73. The molecule has 3 rings (SSSR count). The largest absolute Gasteiger partial charge is 0.478 e. The van der Waals surface area contributed by atoms with Gasteiger partial charge in [0.1, 0.15) is 0 Å². The van der Waals surface area contributed by atoms with Crippen LogP contribution in [0, 0.1) is 0 Å². The average Bonchev–Trinajstić information content (AvgIpc) is 2.74. The Kier molecular flexibility index (Phi) is 3.07. The van der Waals surface area contributed by atoms with Crippen LogP contribution in [-0.2, 0) is 0 Å². The summed E-state index contributed by atoms with van der Waals surface area (Å²) >= 11 is 0. The zero-order valence-electron chi connectivity index (χ0n) is 11.1. The van der Waals surface area contributed by atoms with E-state index in [2.05, 4.69) is 4.98 Å². The van der Waals surface area contributed by atoms with Crippen molar-refractivity contribution in [2.75, 3.05) is 0 Å². The Morgan fingerprint density at radius 3 is 2.62 bits per heavy atom. The minimum atomic E-state index is -2.65. The highest BCUT2D eigenvalue weighted by Crippen LogP contribution is 2.38. The van der Waals surface area contributed by atoms with Gasteiger partial charge in [0, 0.05) is 18.9 Å². The molecule has 0 aliphatic heterocycles. The molecule has 1 aromatic carbocycles. The number of aromatic nitrogens is 2. The second-order valence-electron chi connectivity index (χ2n) is 5.42. The number of carboxylic acids is 1. The number of halogens is 2. The number of carbonyl (C=O) groups is 1. The molecule has 1 saturated carbocycles. The second kappa shape index (κ2) is 4.68. The summed E-state index contributed by atoms with van der Waals surface area (Å²) in [6, 6.07) is 4.06. The van der Waals surface area contributed by atoms with Gasteiger partial charge in [0.2, 0.25) is 5.92 Å². The summed E-state index contributed by atoms with van der Waals surface area (Å²) in [5.74, 6) is -3.73. The Balaban J connectivity index is 2.01. The zero-order valence-corrected chi connectivity index (χ0v) is 11.1. The SMILES string of the molecule is O=C(O)c1ccc2c(c1)[nH]c(=O)n2C1CCC(F)(F)CC1. The van der Waals surface area contributed by atoms with Crippen LogP contribution in [0.15, 0.2) is 23.0 Å². The quantitative estimate of drug-likeness (QED) is 0.894. The van der Waals surface area contributed by atoms with Crippen molar-refractivity contribution >= 4 is 17.0 Å². The van der Waals surface area contributed by atoms with Crippen molar-refractivity contribution in [3.05, 3.63) is 34.2 Å². The Hall–Kier alpha value is -2.18. The van der Waals surface area contributed by atoms with Crippen molar-refractivity contribution in [2.45, 2.75) is 37.6 Å². The molecule has 112 valence electrons. The average molecular weight is 296 g/mol. The molecule has 0 radical (unpaired) electrons. The normalized spacial score (nSPS) is 19.0. The Morgan fingerprint density at radius 2 is 2.00 bits per heavy atom. The summed E-state index contributed by atoms with van der Waals surface area (Å²) < 4.78 is 27.9. The predicted molar refractivity (Wildman–Crippen MR) is 72.0 cm³/mol. The van der Waals surface area contributed by atoms with Crippen LogP contribution in [0.2, 0.25) is 0 Å². The summed E-state index contributed by atoms with van der Waals surface area (Å²) in [4.78, 5) is 25.6. The molecule has 1 aliphatic carbocycles. The van der Waals surface area contributed by atoms with Gasteiger partial charge in [-0.15, -0.1) is 0 Å². The van der Waals surface area contributed by atoms with Gasteiger partial charge in [-0.2, -0.15) is 0 Å². The lowest BCUT2D eigenvalue weighted by Crippen LogP contribution is -2.30. The van der Waals surface area contributed by atoms with Crippen molar-refractivity contribution in [2.24, 2.45) is 0 Å². The van der Waals surface area contributed by atoms with Crippen molar-refractivity contribution in [1.29, 1.82) is 0 Å². The first-order chi connectivity index (χ1) is 9.87. The number of carboxylic acid groups (broad SMARTS) is 1. The number of aromatic carboxylic acids is 1. The summed E-state index contributed by atoms with van der Waals surface area (Å²) in [6.07, 6.45) is 0.00899. The third-order valence-corrected chi connectivity index (χ3v) is 4.02.